The molecule has 1 N–H and O–H groups in total. The van der Waals surface area contributed by atoms with Gasteiger partial charge in [0.05, 0.1) is 12.6 Å². The Morgan fingerprint density at radius 2 is 1.86 bits per heavy atom. The van der Waals surface area contributed by atoms with E-state index in [1.807, 2.05) is 35.2 Å². The molecule has 1 aliphatic heterocycles. The lowest BCUT2D eigenvalue weighted by atomic mass is 10.0. The first-order valence-electron chi connectivity index (χ1n) is 8.01. The zero-order chi connectivity index (χ0) is 14.7. The van der Waals surface area contributed by atoms with Crippen LogP contribution in [0.3, 0.4) is 0 Å². The lowest BCUT2D eigenvalue weighted by molar-refractivity contribution is -0.0932. The largest absolute Gasteiger partial charge is 0.351 e. The molecular formula is C17H24N2O2. The van der Waals surface area contributed by atoms with Gasteiger partial charge in [-0.05, 0) is 44.7 Å². The zero-order valence-electron chi connectivity index (χ0n) is 12.7. The monoisotopic (exact) mass is 288 g/mol. The molecule has 1 atom stereocenters. The number of rotatable bonds is 1. The number of para-hydroxylation sites is 1. The highest BCUT2D eigenvalue weighted by atomic mass is 16.5. The fourth-order valence-electron chi connectivity index (χ4n) is 3.55. The van der Waals surface area contributed by atoms with Crippen LogP contribution in [0.15, 0.2) is 30.3 Å². The maximum atomic E-state index is 12.7. The highest BCUT2D eigenvalue weighted by molar-refractivity contribution is 5.89. The maximum absolute atomic E-state index is 12.7. The van der Waals surface area contributed by atoms with Gasteiger partial charge in [-0.1, -0.05) is 31.0 Å². The van der Waals surface area contributed by atoms with Crippen molar-refractivity contribution in [1.29, 1.82) is 0 Å². The summed E-state index contributed by atoms with van der Waals surface area (Å²) in [7, 11) is 0. The average Bonchev–Trinajstić information content (AvgIpc) is 2.65. The third kappa shape index (κ3) is 3.05. The lowest BCUT2D eigenvalue weighted by Crippen LogP contribution is -2.49. The first-order chi connectivity index (χ1) is 10.2. The summed E-state index contributed by atoms with van der Waals surface area (Å²) in [5.74, 6) is 0. The molecule has 0 radical (unpaired) electrons. The number of benzene rings is 1. The minimum absolute atomic E-state index is 0.0348. The van der Waals surface area contributed by atoms with Gasteiger partial charge < -0.3 is 10.1 Å². The van der Waals surface area contributed by atoms with Crippen molar-refractivity contribution in [2.45, 2.75) is 57.3 Å². The second-order valence-corrected chi connectivity index (χ2v) is 6.20. The fraction of sp³-hybridized carbons (Fsp3) is 0.588. The summed E-state index contributed by atoms with van der Waals surface area (Å²) in [5.41, 5.74) is 0.459. The summed E-state index contributed by atoms with van der Waals surface area (Å²) < 4.78 is 6.21. The van der Waals surface area contributed by atoms with E-state index in [0.29, 0.717) is 6.54 Å². The van der Waals surface area contributed by atoms with Crippen LogP contribution >= 0.6 is 0 Å². The van der Waals surface area contributed by atoms with Crippen molar-refractivity contribution in [3.8, 4) is 0 Å². The summed E-state index contributed by atoms with van der Waals surface area (Å²) in [5, 5.41) is 3.00. The average molecular weight is 288 g/mol. The molecule has 3 rings (SSSR count). The van der Waals surface area contributed by atoms with E-state index in [1.54, 1.807) is 0 Å². The fourth-order valence-corrected chi connectivity index (χ4v) is 3.55. The van der Waals surface area contributed by atoms with Crippen molar-refractivity contribution in [2.75, 3.05) is 11.9 Å². The van der Waals surface area contributed by atoms with Crippen LogP contribution in [-0.2, 0) is 4.74 Å². The number of carbonyl (C=O) groups excluding carboxylic acids is 1. The molecule has 0 unspecified atom stereocenters. The summed E-state index contributed by atoms with van der Waals surface area (Å²) in [4.78, 5) is 14.6. The van der Waals surface area contributed by atoms with E-state index in [4.69, 9.17) is 4.74 Å². The topological polar surface area (TPSA) is 41.6 Å². The first-order valence-corrected chi connectivity index (χ1v) is 8.01. The number of nitrogens with zero attached hydrogens (tertiary/aromatic N) is 1. The van der Waals surface area contributed by atoms with Gasteiger partial charge in [-0.3, -0.25) is 4.90 Å². The van der Waals surface area contributed by atoms with Crippen LogP contribution in [-0.4, -0.2) is 29.3 Å². The molecule has 1 heterocycles. The molecule has 114 valence electrons. The third-order valence-electron chi connectivity index (χ3n) is 4.51. The first kappa shape index (κ1) is 14.4. The summed E-state index contributed by atoms with van der Waals surface area (Å²) in [6.07, 6.45) is 6.80. The van der Waals surface area contributed by atoms with Crippen LogP contribution in [0.25, 0.3) is 0 Å². The molecule has 4 nitrogen and oxygen atoms in total. The Kier molecular flexibility index (Phi) is 4.15. The van der Waals surface area contributed by atoms with Crippen molar-refractivity contribution in [3.63, 3.8) is 0 Å². The van der Waals surface area contributed by atoms with Crippen molar-refractivity contribution in [3.05, 3.63) is 30.3 Å². The minimum atomic E-state index is -0.380. The standard InChI is InChI=1S/C17H24N2O2/c1-14-13-19(16(20)18-15-9-5-4-6-10-15)17(21-14)11-7-2-3-8-12-17/h4-6,9-10,14H,2-3,7-8,11-13H2,1H3,(H,18,20)/t14-/m1/s1. The van der Waals surface area contributed by atoms with Gasteiger partial charge in [0, 0.05) is 5.69 Å². The Morgan fingerprint density at radius 1 is 1.19 bits per heavy atom. The van der Waals surface area contributed by atoms with Gasteiger partial charge in [-0.25, -0.2) is 4.79 Å². The maximum Gasteiger partial charge on any atom is 0.324 e. The van der Waals surface area contributed by atoms with Crippen molar-refractivity contribution in [1.82, 2.24) is 4.90 Å². The number of carbonyl (C=O) groups is 1. The SMILES string of the molecule is C[C@@H]1CN(C(=O)Nc2ccccc2)C2(CCCCCC2)O1. The Bertz CT molecular complexity index is 481. The van der Waals surface area contributed by atoms with Crippen LogP contribution in [0.5, 0.6) is 0 Å². The molecule has 0 bridgehead atoms. The molecule has 1 aromatic rings. The lowest BCUT2D eigenvalue weighted by Gasteiger charge is -2.36. The van der Waals surface area contributed by atoms with Gasteiger partial charge in [0.15, 0.2) is 0 Å². The number of anilines is 1. The van der Waals surface area contributed by atoms with Gasteiger partial charge in [0.25, 0.3) is 0 Å². The smallest absolute Gasteiger partial charge is 0.324 e. The van der Waals surface area contributed by atoms with Crippen molar-refractivity contribution >= 4 is 11.7 Å². The molecule has 1 saturated heterocycles. The molecule has 1 spiro atoms. The van der Waals surface area contributed by atoms with Crippen LogP contribution in [0, 0.1) is 0 Å². The van der Waals surface area contributed by atoms with Crippen molar-refractivity contribution < 1.29 is 9.53 Å². The van der Waals surface area contributed by atoms with Crippen LogP contribution in [0.2, 0.25) is 0 Å². The van der Waals surface area contributed by atoms with E-state index in [1.165, 1.54) is 12.8 Å². The Balaban J connectivity index is 1.76. The number of ether oxygens (including phenoxy) is 1. The minimum Gasteiger partial charge on any atom is -0.351 e. The number of hydrogen-bond acceptors (Lipinski definition) is 2. The van der Waals surface area contributed by atoms with E-state index >= 15 is 0 Å². The van der Waals surface area contributed by atoms with E-state index in [9.17, 15) is 4.79 Å². The van der Waals surface area contributed by atoms with E-state index in [0.717, 1.165) is 31.4 Å². The van der Waals surface area contributed by atoms with E-state index in [2.05, 4.69) is 12.2 Å². The summed E-state index contributed by atoms with van der Waals surface area (Å²) in [6, 6.07) is 9.60. The highest BCUT2D eigenvalue weighted by Gasteiger charge is 2.47. The third-order valence-corrected chi connectivity index (χ3v) is 4.51. The molecule has 2 amide bonds. The second kappa shape index (κ2) is 6.06. The van der Waals surface area contributed by atoms with Crippen LogP contribution in [0.1, 0.15) is 45.4 Å². The van der Waals surface area contributed by atoms with Gasteiger partial charge in [0.1, 0.15) is 5.72 Å². The molecule has 21 heavy (non-hydrogen) atoms. The number of urea groups is 1. The van der Waals surface area contributed by atoms with E-state index < -0.39 is 0 Å². The Labute approximate surface area is 126 Å². The Morgan fingerprint density at radius 3 is 2.52 bits per heavy atom. The van der Waals surface area contributed by atoms with Gasteiger partial charge in [-0.2, -0.15) is 0 Å². The van der Waals surface area contributed by atoms with Gasteiger partial charge in [0.2, 0.25) is 0 Å². The zero-order valence-corrected chi connectivity index (χ0v) is 12.7. The molecule has 0 aromatic heterocycles. The van der Waals surface area contributed by atoms with Crippen molar-refractivity contribution in [2.24, 2.45) is 0 Å². The molecule has 2 aliphatic rings. The highest BCUT2D eigenvalue weighted by Crippen LogP contribution is 2.39. The number of amides is 2. The number of hydrogen-bond donors (Lipinski definition) is 1. The summed E-state index contributed by atoms with van der Waals surface area (Å²) >= 11 is 0. The van der Waals surface area contributed by atoms with Crippen LogP contribution < -0.4 is 5.32 Å². The molecule has 4 heteroatoms. The van der Waals surface area contributed by atoms with Crippen LogP contribution in [0.4, 0.5) is 10.5 Å². The second-order valence-electron chi connectivity index (χ2n) is 6.20. The summed E-state index contributed by atoms with van der Waals surface area (Å²) in [6.45, 7) is 2.74. The van der Waals surface area contributed by atoms with E-state index in [-0.39, 0.29) is 17.9 Å². The Hall–Kier alpha value is -1.55. The van der Waals surface area contributed by atoms with Gasteiger partial charge >= 0.3 is 6.03 Å². The molecule has 1 aliphatic carbocycles. The molecule has 2 fully saturated rings. The quantitative estimate of drug-likeness (QED) is 0.849. The molecular weight excluding hydrogens is 264 g/mol. The molecule has 1 saturated carbocycles. The number of nitrogens with one attached hydrogen (secondary N) is 1. The molecule has 1 aromatic carbocycles. The predicted molar refractivity (Wildman–Crippen MR) is 83.1 cm³/mol. The normalized spacial score (nSPS) is 24.8. The predicted octanol–water partition coefficient (Wildman–Crippen LogP) is 3.99. The van der Waals surface area contributed by atoms with Gasteiger partial charge in [-0.15, -0.1) is 0 Å².